The molecule has 4 atom stereocenters. The fourth-order valence-corrected chi connectivity index (χ4v) is 6.65. The van der Waals surface area contributed by atoms with Gasteiger partial charge in [-0.1, -0.05) is 50.2 Å². The average molecular weight is 706 g/mol. The highest BCUT2D eigenvalue weighted by atomic mass is 16.5. The van der Waals surface area contributed by atoms with Crippen LogP contribution in [-0.4, -0.2) is 101 Å². The van der Waals surface area contributed by atoms with Gasteiger partial charge in [-0.25, -0.2) is 0 Å². The molecule has 0 aromatic heterocycles. The number of hydrogen-bond acceptors (Lipinski definition) is 10. The number of carbonyl (C=O) groups is 1. The maximum Gasteiger partial charge on any atom is 0.239 e. The van der Waals surface area contributed by atoms with Crippen molar-refractivity contribution < 1.29 is 38.3 Å². The molecular weight excluding hydrogens is 650 g/mol. The van der Waals surface area contributed by atoms with E-state index in [-0.39, 0.29) is 24.3 Å². The molecule has 3 aromatic rings. The number of anilines is 1. The molecule has 1 amide bonds. The Labute approximate surface area is 302 Å². The number of aliphatic hydroxyl groups is 1. The van der Waals surface area contributed by atoms with Gasteiger partial charge in [0.15, 0.2) is 0 Å². The van der Waals surface area contributed by atoms with E-state index < -0.39 is 18.2 Å². The van der Waals surface area contributed by atoms with Crippen molar-refractivity contribution in [2.75, 3.05) is 71.7 Å². The fraction of sp³-hybridized carbons (Fsp3) is 0.525. The monoisotopic (exact) mass is 705 g/mol. The second-order valence-corrected chi connectivity index (χ2v) is 13.6. The molecule has 2 aliphatic heterocycles. The van der Waals surface area contributed by atoms with Crippen LogP contribution in [0.25, 0.3) is 0 Å². The number of β-amino-alcohol motifs (C(OH)–C–C–N with tert-alkyl or cyclic N) is 1. The molecule has 278 valence electrons. The highest BCUT2D eigenvalue weighted by molar-refractivity contribution is 5.82. The number of rotatable bonds is 18. The van der Waals surface area contributed by atoms with E-state index >= 15 is 0 Å². The number of para-hydroxylation sites is 1. The van der Waals surface area contributed by atoms with Gasteiger partial charge in [0, 0.05) is 51.3 Å². The van der Waals surface area contributed by atoms with Crippen LogP contribution in [0.3, 0.4) is 0 Å². The van der Waals surface area contributed by atoms with Crippen LogP contribution in [0.4, 0.5) is 5.69 Å². The number of nitrogens with zero attached hydrogens (tertiary/aromatic N) is 2. The lowest BCUT2D eigenvalue weighted by atomic mass is 9.84. The highest BCUT2D eigenvalue weighted by Gasteiger charge is 2.41. The number of nitrogens with two attached hydrogens (primary N) is 1. The highest BCUT2D eigenvalue weighted by Crippen LogP contribution is 2.35. The Hall–Kier alpha value is -3.87. The minimum Gasteiger partial charge on any atom is -0.496 e. The molecule has 2 heterocycles. The third kappa shape index (κ3) is 10.4. The third-order valence-corrected chi connectivity index (χ3v) is 9.58. The van der Waals surface area contributed by atoms with Crippen LogP contribution >= 0.6 is 0 Å². The number of carbonyl (C=O) groups excluding carboxylic acids is 1. The number of methoxy groups -OCH3 is 2. The van der Waals surface area contributed by atoms with E-state index in [9.17, 15) is 9.90 Å². The van der Waals surface area contributed by atoms with Gasteiger partial charge in [-0.15, -0.1) is 0 Å². The number of fused-ring (bicyclic) bond motifs is 1. The quantitative estimate of drug-likeness (QED) is 0.179. The Morgan fingerprint density at radius 2 is 1.78 bits per heavy atom. The maximum atomic E-state index is 13.3. The Balaban J connectivity index is 1.22. The number of benzene rings is 3. The minimum absolute atomic E-state index is 0.0252. The first-order chi connectivity index (χ1) is 24.8. The maximum absolute atomic E-state index is 13.3. The van der Waals surface area contributed by atoms with E-state index in [0.29, 0.717) is 46.2 Å². The Morgan fingerprint density at radius 1 is 0.980 bits per heavy atom. The van der Waals surface area contributed by atoms with Crippen molar-refractivity contribution in [1.29, 1.82) is 0 Å². The first-order valence-electron chi connectivity index (χ1n) is 18.0. The van der Waals surface area contributed by atoms with Crippen molar-refractivity contribution in [2.45, 2.75) is 64.1 Å². The summed E-state index contributed by atoms with van der Waals surface area (Å²) in [5.41, 5.74) is 10.2. The molecular formula is C40H55N3O8. The van der Waals surface area contributed by atoms with Crippen LogP contribution in [0, 0.1) is 5.92 Å². The van der Waals surface area contributed by atoms with Crippen LogP contribution in [0.2, 0.25) is 0 Å². The Kier molecular flexibility index (Phi) is 14.4. The molecule has 11 heteroatoms. The van der Waals surface area contributed by atoms with Crippen LogP contribution in [0.5, 0.6) is 17.2 Å². The third-order valence-electron chi connectivity index (χ3n) is 9.58. The Morgan fingerprint density at radius 3 is 2.55 bits per heavy atom. The molecule has 0 radical (unpaired) electrons. The van der Waals surface area contributed by atoms with Crippen LogP contribution in [-0.2, 0) is 32.2 Å². The summed E-state index contributed by atoms with van der Waals surface area (Å²) < 4.78 is 35.0. The molecule has 2 aliphatic rings. The Bertz CT molecular complexity index is 1520. The SMILES string of the molecule is COCCCN1CCOc2ccc(CO[C@H]3CN(C(=O)C(N)C(C)C)C[C@@H](O)[C@@H]3c3ccc(OCCCOCc4ccccc4OC)cc3)cc21. The molecule has 1 fully saturated rings. The van der Waals surface area contributed by atoms with Crippen molar-refractivity contribution in [2.24, 2.45) is 11.7 Å². The molecule has 0 bridgehead atoms. The van der Waals surface area contributed by atoms with Gasteiger partial charge in [-0.3, -0.25) is 4.79 Å². The second kappa shape index (κ2) is 19.1. The number of amides is 1. The molecule has 0 spiro atoms. The zero-order valence-electron chi connectivity index (χ0n) is 30.5. The molecule has 0 saturated carbocycles. The average Bonchev–Trinajstić information content (AvgIpc) is 3.15. The van der Waals surface area contributed by atoms with E-state index in [4.69, 9.17) is 34.2 Å². The number of ether oxygens (including phenoxy) is 6. The summed E-state index contributed by atoms with van der Waals surface area (Å²) in [6.07, 6.45) is 0.349. The molecule has 0 aliphatic carbocycles. The van der Waals surface area contributed by atoms with Gasteiger partial charge in [0.05, 0.1) is 64.0 Å². The number of aliphatic hydroxyl groups excluding tert-OH is 1. The normalized spacial score (nSPS) is 19.4. The molecule has 51 heavy (non-hydrogen) atoms. The first-order valence-corrected chi connectivity index (χ1v) is 18.0. The van der Waals surface area contributed by atoms with Crippen LogP contribution < -0.4 is 24.8 Å². The van der Waals surface area contributed by atoms with Crippen molar-refractivity contribution >= 4 is 11.6 Å². The predicted octanol–water partition coefficient (Wildman–Crippen LogP) is 4.77. The molecule has 1 unspecified atom stereocenters. The number of piperidine rings is 1. The smallest absolute Gasteiger partial charge is 0.239 e. The van der Waals surface area contributed by atoms with Crippen LogP contribution in [0.15, 0.2) is 66.7 Å². The van der Waals surface area contributed by atoms with E-state index in [2.05, 4.69) is 11.0 Å². The second-order valence-electron chi connectivity index (χ2n) is 13.6. The standard InChI is InChI=1S/C40H55N3O8/c1-28(2)39(41)40(45)43-24-34(44)38(30-12-14-32(15-13-30)49-21-8-20-48-27-31-9-5-6-10-35(31)47-4)37(25-43)51-26-29-11-16-36-33(23-29)42(18-22-50-36)17-7-19-46-3/h5-6,9-16,23,28,34,37-39,44H,7-8,17-22,24-27,41H2,1-4H3/t34-,37+,38+,39?/m1/s1. The van der Waals surface area contributed by atoms with Gasteiger partial charge < -0.3 is 49.1 Å². The van der Waals surface area contributed by atoms with E-state index in [1.54, 1.807) is 19.1 Å². The largest absolute Gasteiger partial charge is 0.496 e. The number of likely N-dealkylation sites (tertiary alicyclic amines) is 1. The van der Waals surface area contributed by atoms with Crippen LogP contribution in [0.1, 0.15) is 49.3 Å². The molecule has 5 rings (SSSR count). The van der Waals surface area contributed by atoms with Gasteiger partial charge in [-0.05, 0) is 53.8 Å². The molecule has 3 aromatic carbocycles. The summed E-state index contributed by atoms with van der Waals surface area (Å²) in [7, 11) is 3.38. The fourth-order valence-electron chi connectivity index (χ4n) is 6.65. The van der Waals surface area contributed by atoms with Gasteiger partial charge in [-0.2, -0.15) is 0 Å². The zero-order valence-corrected chi connectivity index (χ0v) is 30.5. The summed E-state index contributed by atoms with van der Waals surface area (Å²) in [5.74, 6) is 1.85. The summed E-state index contributed by atoms with van der Waals surface area (Å²) in [6.45, 7) is 9.24. The van der Waals surface area contributed by atoms with Crippen molar-refractivity contribution in [3.63, 3.8) is 0 Å². The van der Waals surface area contributed by atoms with Gasteiger partial charge in [0.1, 0.15) is 23.9 Å². The van der Waals surface area contributed by atoms with Crippen molar-refractivity contribution in [3.05, 3.63) is 83.4 Å². The van der Waals surface area contributed by atoms with E-state index in [1.807, 2.05) is 74.5 Å². The molecule has 11 nitrogen and oxygen atoms in total. The van der Waals surface area contributed by atoms with Gasteiger partial charge >= 0.3 is 0 Å². The topological polar surface area (TPSA) is 125 Å². The lowest BCUT2D eigenvalue weighted by molar-refractivity contribution is -0.144. The minimum atomic E-state index is -0.840. The zero-order chi connectivity index (χ0) is 36.2. The van der Waals surface area contributed by atoms with Crippen molar-refractivity contribution in [1.82, 2.24) is 4.90 Å². The summed E-state index contributed by atoms with van der Waals surface area (Å²) >= 11 is 0. The number of hydrogen-bond donors (Lipinski definition) is 2. The lowest BCUT2D eigenvalue weighted by Crippen LogP contribution is -2.57. The lowest BCUT2D eigenvalue weighted by Gasteiger charge is -2.43. The molecule has 1 saturated heterocycles. The van der Waals surface area contributed by atoms with E-state index in [1.165, 1.54) is 0 Å². The van der Waals surface area contributed by atoms with E-state index in [0.717, 1.165) is 65.6 Å². The summed E-state index contributed by atoms with van der Waals surface area (Å²) in [6, 6.07) is 21.1. The molecule has 3 N–H and O–H groups in total. The van der Waals surface area contributed by atoms with Gasteiger partial charge in [0.2, 0.25) is 5.91 Å². The summed E-state index contributed by atoms with van der Waals surface area (Å²) in [5, 5.41) is 11.5. The predicted molar refractivity (Wildman–Crippen MR) is 197 cm³/mol. The first kappa shape index (κ1) is 38.4. The van der Waals surface area contributed by atoms with Gasteiger partial charge in [0.25, 0.3) is 0 Å². The van der Waals surface area contributed by atoms with Crippen molar-refractivity contribution in [3.8, 4) is 17.2 Å². The summed E-state index contributed by atoms with van der Waals surface area (Å²) in [4.78, 5) is 17.3.